The fourth-order valence-electron chi connectivity index (χ4n) is 3.73. The van der Waals surface area contributed by atoms with Gasteiger partial charge in [0.05, 0.1) is 5.56 Å². The Balaban J connectivity index is 1.37. The van der Waals surface area contributed by atoms with Crippen LogP contribution in [0.2, 0.25) is 5.02 Å². The average molecular weight is 516 g/mol. The lowest BCUT2D eigenvalue weighted by molar-refractivity contribution is -0.136. The molecule has 35 heavy (non-hydrogen) atoms. The first-order valence-electron chi connectivity index (χ1n) is 10.8. The molecule has 0 saturated heterocycles. The Hall–Kier alpha value is -3.36. The second kappa shape index (κ2) is 10.5. The van der Waals surface area contributed by atoms with Crippen LogP contribution in [0.1, 0.15) is 22.3 Å². The summed E-state index contributed by atoms with van der Waals surface area (Å²) < 4.78 is 40.2. The fraction of sp³-hybridized carbons (Fsp3) is 0.154. The van der Waals surface area contributed by atoms with Gasteiger partial charge in [-0.15, -0.1) is 0 Å². The first kappa shape index (κ1) is 24.8. The third kappa shape index (κ3) is 6.61. The minimum absolute atomic E-state index is 0.0251. The Labute approximate surface area is 210 Å². The van der Waals surface area contributed by atoms with Crippen LogP contribution in [0.3, 0.4) is 0 Å². The van der Waals surface area contributed by atoms with E-state index in [1.165, 1.54) is 12.1 Å². The van der Waals surface area contributed by atoms with E-state index in [-0.39, 0.29) is 10.9 Å². The number of pyridine rings is 1. The number of alkyl halides is 3. The van der Waals surface area contributed by atoms with Gasteiger partial charge in [0.2, 0.25) is 5.56 Å². The van der Waals surface area contributed by atoms with Crippen molar-refractivity contribution < 1.29 is 13.2 Å². The molecule has 0 fully saturated rings. The number of hydrogen-bond acceptors (Lipinski definition) is 2. The number of H-pyrrole nitrogens is 1. The van der Waals surface area contributed by atoms with Gasteiger partial charge in [-0.3, -0.25) is 4.79 Å². The van der Waals surface area contributed by atoms with E-state index in [0.29, 0.717) is 34.7 Å². The van der Waals surface area contributed by atoms with Crippen molar-refractivity contribution >= 4 is 45.5 Å². The molecule has 0 bridgehead atoms. The molecule has 0 amide bonds. The molecule has 0 spiro atoms. The Morgan fingerprint density at radius 3 is 2.26 bits per heavy atom. The molecule has 0 radical (unpaired) electrons. The lowest BCUT2D eigenvalue weighted by atomic mass is 10.0. The SMILES string of the molecule is O=c1cc(C(F)(F)F)c2cc(Cc3ccc(NC(=S)NCCc4ccc(Cl)cc4)cc3)ccc2[nH]1. The number of hydrogen-bond donors (Lipinski definition) is 3. The molecule has 4 rings (SSSR count). The second-order valence-electron chi connectivity index (χ2n) is 8.06. The van der Waals surface area contributed by atoms with E-state index in [1.54, 1.807) is 6.07 Å². The molecule has 4 nitrogen and oxygen atoms in total. The smallest absolute Gasteiger partial charge is 0.362 e. The highest BCUT2D eigenvalue weighted by Crippen LogP contribution is 2.33. The molecule has 0 aliphatic rings. The lowest BCUT2D eigenvalue weighted by Crippen LogP contribution is -2.30. The number of thiocarbonyl (C=S) groups is 1. The van der Waals surface area contributed by atoms with Gasteiger partial charge in [0.15, 0.2) is 5.11 Å². The Morgan fingerprint density at radius 1 is 0.914 bits per heavy atom. The summed E-state index contributed by atoms with van der Waals surface area (Å²) in [6, 6.07) is 20.4. The molecule has 9 heteroatoms. The minimum atomic E-state index is -4.61. The lowest BCUT2D eigenvalue weighted by Gasteiger charge is -2.12. The number of aromatic nitrogens is 1. The number of nitrogens with one attached hydrogen (secondary N) is 3. The van der Waals surface area contributed by atoms with Crippen molar-refractivity contribution in [3.8, 4) is 0 Å². The van der Waals surface area contributed by atoms with Crippen LogP contribution in [-0.2, 0) is 19.0 Å². The van der Waals surface area contributed by atoms with Gasteiger partial charge in [-0.2, -0.15) is 13.2 Å². The van der Waals surface area contributed by atoms with Gasteiger partial charge in [-0.25, -0.2) is 0 Å². The summed E-state index contributed by atoms with van der Waals surface area (Å²) >= 11 is 11.2. The van der Waals surface area contributed by atoms with Gasteiger partial charge >= 0.3 is 6.18 Å². The number of rotatable bonds is 6. The number of anilines is 1. The molecule has 3 aromatic carbocycles. The zero-order chi connectivity index (χ0) is 25.0. The maximum absolute atomic E-state index is 13.4. The van der Waals surface area contributed by atoms with Crippen LogP contribution in [0, 0.1) is 0 Å². The highest BCUT2D eigenvalue weighted by molar-refractivity contribution is 7.80. The number of aromatic amines is 1. The molecular formula is C26H21ClF3N3OS. The van der Waals surface area contributed by atoms with Gasteiger partial charge in [-0.1, -0.05) is 41.9 Å². The minimum Gasteiger partial charge on any atom is -0.362 e. The van der Waals surface area contributed by atoms with Crippen LogP contribution < -0.4 is 16.2 Å². The van der Waals surface area contributed by atoms with Crippen LogP contribution in [-0.4, -0.2) is 16.6 Å². The van der Waals surface area contributed by atoms with E-state index < -0.39 is 17.3 Å². The standard InChI is InChI=1S/C26H21ClF3N3OS/c27-19-6-1-16(2-7-19)11-12-31-25(35)32-20-8-3-17(4-9-20)13-18-5-10-23-21(14-18)22(26(28,29)30)15-24(34)33-23/h1-10,14-15H,11-13H2,(H,33,34)(H2,31,32,35). The Bertz CT molecular complexity index is 1400. The molecular weight excluding hydrogens is 495 g/mol. The van der Waals surface area contributed by atoms with E-state index in [4.69, 9.17) is 23.8 Å². The maximum atomic E-state index is 13.4. The molecule has 180 valence electrons. The number of benzene rings is 3. The summed E-state index contributed by atoms with van der Waals surface area (Å²) in [5.41, 5.74) is 2.02. The molecule has 3 N–H and O–H groups in total. The van der Waals surface area contributed by atoms with Crippen LogP contribution in [0.25, 0.3) is 10.9 Å². The second-order valence-corrected chi connectivity index (χ2v) is 8.90. The normalized spacial score (nSPS) is 11.4. The molecule has 1 heterocycles. The van der Waals surface area contributed by atoms with Gasteiger partial charge in [0.25, 0.3) is 0 Å². The molecule has 1 aromatic heterocycles. The van der Waals surface area contributed by atoms with Gasteiger partial charge in [-0.05, 0) is 78.1 Å². The van der Waals surface area contributed by atoms with Gasteiger partial charge < -0.3 is 15.6 Å². The molecule has 0 saturated carbocycles. The average Bonchev–Trinajstić information content (AvgIpc) is 2.81. The summed E-state index contributed by atoms with van der Waals surface area (Å²) in [5, 5.41) is 7.45. The van der Waals surface area contributed by atoms with Crippen molar-refractivity contribution in [2.24, 2.45) is 0 Å². The van der Waals surface area contributed by atoms with E-state index in [0.717, 1.165) is 23.2 Å². The number of halogens is 4. The largest absolute Gasteiger partial charge is 0.417 e. The van der Waals surface area contributed by atoms with Crippen molar-refractivity contribution in [2.45, 2.75) is 19.0 Å². The topological polar surface area (TPSA) is 56.9 Å². The van der Waals surface area contributed by atoms with Crippen molar-refractivity contribution in [3.05, 3.63) is 110 Å². The molecule has 0 atom stereocenters. The van der Waals surface area contributed by atoms with Crippen LogP contribution in [0.4, 0.5) is 18.9 Å². The van der Waals surface area contributed by atoms with Crippen molar-refractivity contribution in [1.82, 2.24) is 10.3 Å². The first-order valence-corrected chi connectivity index (χ1v) is 11.6. The highest BCUT2D eigenvalue weighted by Gasteiger charge is 2.33. The summed E-state index contributed by atoms with van der Waals surface area (Å²) in [6.07, 6.45) is -3.37. The zero-order valence-electron chi connectivity index (χ0n) is 18.4. The third-order valence-electron chi connectivity index (χ3n) is 5.45. The van der Waals surface area contributed by atoms with Gasteiger partial charge in [0.1, 0.15) is 0 Å². The maximum Gasteiger partial charge on any atom is 0.417 e. The van der Waals surface area contributed by atoms with E-state index >= 15 is 0 Å². The summed E-state index contributed by atoms with van der Waals surface area (Å²) in [6.45, 7) is 0.665. The third-order valence-corrected chi connectivity index (χ3v) is 5.94. The van der Waals surface area contributed by atoms with E-state index in [1.807, 2.05) is 48.5 Å². The first-order chi connectivity index (χ1) is 16.7. The van der Waals surface area contributed by atoms with Gasteiger partial charge in [0, 0.05) is 34.2 Å². The van der Waals surface area contributed by atoms with Crippen LogP contribution in [0.5, 0.6) is 0 Å². The monoisotopic (exact) mass is 515 g/mol. The summed E-state index contributed by atoms with van der Waals surface area (Å²) in [5.74, 6) is 0. The van der Waals surface area contributed by atoms with E-state index in [2.05, 4.69) is 15.6 Å². The molecule has 0 aliphatic carbocycles. The molecule has 0 unspecified atom stereocenters. The predicted octanol–water partition coefficient (Wildman–Crippen LogP) is 6.32. The quantitative estimate of drug-likeness (QED) is 0.263. The van der Waals surface area contributed by atoms with E-state index in [9.17, 15) is 18.0 Å². The van der Waals surface area contributed by atoms with Crippen molar-refractivity contribution in [1.29, 1.82) is 0 Å². The highest BCUT2D eigenvalue weighted by atomic mass is 35.5. The summed E-state index contributed by atoms with van der Waals surface area (Å²) in [7, 11) is 0. The molecule has 0 aliphatic heterocycles. The number of fused-ring (bicyclic) bond motifs is 1. The fourth-order valence-corrected chi connectivity index (χ4v) is 4.08. The summed E-state index contributed by atoms with van der Waals surface area (Å²) in [4.78, 5) is 14.0. The van der Waals surface area contributed by atoms with Crippen molar-refractivity contribution in [3.63, 3.8) is 0 Å². The van der Waals surface area contributed by atoms with Crippen LogP contribution in [0.15, 0.2) is 77.6 Å². The predicted molar refractivity (Wildman–Crippen MR) is 138 cm³/mol. The Kier molecular flexibility index (Phi) is 7.42. The van der Waals surface area contributed by atoms with Crippen LogP contribution >= 0.6 is 23.8 Å². The Morgan fingerprint density at radius 2 is 1.57 bits per heavy atom. The molecule has 4 aromatic rings. The van der Waals surface area contributed by atoms with Crippen molar-refractivity contribution in [2.75, 3.05) is 11.9 Å². The zero-order valence-corrected chi connectivity index (χ0v) is 20.0.